The Bertz CT molecular complexity index is 433. The number of benzene rings is 1. The summed E-state index contributed by atoms with van der Waals surface area (Å²) in [7, 11) is 0. The van der Waals surface area contributed by atoms with Gasteiger partial charge in [0.1, 0.15) is 6.07 Å². The van der Waals surface area contributed by atoms with Crippen molar-refractivity contribution in [2.24, 2.45) is 5.92 Å². The molecule has 0 saturated heterocycles. The molecule has 3 heteroatoms. The third-order valence-electron chi connectivity index (χ3n) is 2.86. The maximum atomic E-state index is 9.24. The minimum Gasteiger partial charge on any atom is -0.392 e. The van der Waals surface area contributed by atoms with Crippen LogP contribution >= 0.6 is 0 Å². The Balaban J connectivity index is 3.16. The Labute approximate surface area is 110 Å². The van der Waals surface area contributed by atoms with E-state index in [1.807, 2.05) is 12.1 Å². The van der Waals surface area contributed by atoms with Crippen LogP contribution in [0.5, 0.6) is 0 Å². The van der Waals surface area contributed by atoms with E-state index in [-0.39, 0.29) is 6.61 Å². The molecule has 0 radical (unpaired) electrons. The van der Waals surface area contributed by atoms with Gasteiger partial charge in [-0.1, -0.05) is 19.9 Å². The third-order valence-corrected chi connectivity index (χ3v) is 2.86. The van der Waals surface area contributed by atoms with Crippen LogP contribution in [0.3, 0.4) is 0 Å². The number of nitriles is 1. The smallest absolute Gasteiger partial charge is 0.101 e. The summed E-state index contributed by atoms with van der Waals surface area (Å²) in [6.45, 7) is 9.49. The number of nitrogens with zero attached hydrogens (tertiary/aromatic N) is 2. The molecule has 0 fully saturated rings. The molecule has 3 nitrogen and oxygen atoms in total. The highest BCUT2D eigenvalue weighted by Gasteiger charge is 2.16. The lowest BCUT2D eigenvalue weighted by Crippen LogP contribution is -2.34. The monoisotopic (exact) mass is 246 g/mol. The Morgan fingerprint density at radius 3 is 2.39 bits per heavy atom. The second-order valence-corrected chi connectivity index (χ2v) is 5.26. The zero-order valence-electron chi connectivity index (χ0n) is 11.6. The summed E-state index contributed by atoms with van der Waals surface area (Å²) >= 11 is 0. The zero-order valence-corrected chi connectivity index (χ0v) is 11.6. The van der Waals surface area contributed by atoms with E-state index in [2.05, 4.69) is 38.7 Å². The lowest BCUT2D eigenvalue weighted by atomic mass is 10.1. The average Bonchev–Trinajstić information content (AvgIpc) is 2.34. The summed E-state index contributed by atoms with van der Waals surface area (Å²) in [6.07, 6.45) is 0. The maximum absolute atomic E-state index is 9.24. The fourth-order valence-electron chi connectivity index (χ4n) is 2.00. The van der Waals surface area contributed by atoms with E-state index >= 15 is 0 Å². The standard InChI is InChI=1S/C15H22N2O/c1-11(2)9-17(12(3)4)15-6-5-13(10-18)7-14(15)8-16/h5-7,11-12,18H,9-10H2,1-4H3. The average molecular weight is 246 g/mol. The molecule has 1 N–H and O–H groups in total. The molecule has 0 aliphatic rings. The molecule has 1 rings (SSSR count). The zero-order chi connectivity index (χ0) is 13.7. The number of hydrogen-bond donors (Lipinski definition) is 1. The second kappa shape index (κ2) is 6.42. The van der Waals surface area contributed by atoms with Crippen LogP contribution in [0.15, 0.2) is 18.2 Å². The van der Waals surface area contributed by atoms with Gasteiger partial charge in [-0.05, 0) is 37.5 Å². The highest BCUT2D eigenvalue weighted by atomic mass is 16.3. The summed E-state index contributed by atoms with van der Waals surface area (Å²) in [5.74, 6) is 0.538. The minimum absolute atomic E-state index is 0.0270. The molecule has 0 spiro atoms. The van der Waals surface area contributed by atoms with E-state index in [1.165, 1.54) is 0 Å². The summed E-state index contributed by atoms with van der Waals surface area (Å²) < 4.78 is 0. The molecule has 0 saturated carbocycles. The molecule has 1 aromatic rings. The molecule has 0 amide bonds. The van der Waals surface area contributed by atoms with Gasteiger partial charge in [0.25, 0.3) is 0 Å². The molecule has 0 unspecified atom stereocenters. The second-order valence-electron chi connectivity index (χ2n) is 5.26. The van der Waals surface area contributed by atoms with Crippen LogP contribution in [-0.2, 0) is 6.61 Å². The van der Waals surface area contributed by atoms with Gasteiger partial charge in [0.2, 0.25) is 0 Å². The van der Waals surface area contributed by atoms with Gasteiger partial charge in [0.15, 0.2) is 0 Å². The fourth-order valence-corrected chi connectivity index (χ4v) is 2.00. The fraction of sp³-hybridized carbons (Fsp3) is 0.533. The van der Waals surface area contributed by atoms with Gasteiger partial charge >= 0.3 is 0 Å². The molecular formula is C15H22N2O. The van der Waals surface area contributed by atoms with Crippen LogP contribution in [0.25, 0.3) is 0 Å². The summed E-state index contributed by atoms with van der Waals surface area (Å²) in [4.78, 5) is 2.24. The highest BCUT2D eigenvalue weighted by molar-refractivity contribution is 5.61. The Hall–Kier alpha value is -1.53. The molecule has 0 atom stereocenters. The van der Waals surface area contributed by atoms with Gasteiger partial charge < -0.3 is 10.0 Å². The van der Waals surface area contributed by atoms with Gasteiger partial charge in [0, 0.05) is 12.6 Å². The largest absolute Gasteiger partial charge is 0.392 e. The van der Waals surface area contributed by atoms with Crippen LogP contribution in [-0.4, -0.2) is 17.7 Å². The van der Waals surface area contributed by atoms with Crippen molar-refractivity contribution in [1.82, 2.24) is 0 Å². The molecule has 18 heavy (non-hydrogen) atoms. The molecule has 0 bridgehead atoms. The molecule has 0 aliphatic heterocycles. The SMILES string of the molecule is CC(C)CN(c1ccc(CO)cc1C#N)C(C)C. The Morgan fingerprint density at radius 2 is 1.94 bits per heavy atom. The van der Waals surface area contributed by atoms with E-state index < -0.39 is 0 Å². The van der Waals surface area contributed by atoms with Crippen molar-refractivity contribution in [2.75, 3.05) is 11.4 Å². The van der Waals surface area contributed by atoms with Crippen LogP contribution in [0.2, 0.25) is 0 Å². The van der Waals surface area contributed by atoms with Crippen molar-refractivity contribution in [3.05, 3.63) is 29.3 Å². The van der Waals surface area contributed by atoms with Gasteiger partial charge in [-0.25, -0.2) is 0 Å². The van der Waals surface area contributed by atoms with E-state index in [4.69, 9.17) is 5.11 Å². The van der Waals surface area contributed by atoms with Crippen LogP contribution in [0.4, 0.5) is 5.69 Å². The first-order valence-corrected chi connectivity index (χ1v) is 6.40. The van der Waals surface area contributed by atoms with E-state index in [1.54, 1.807) is 6.07 Å². The van der Waals surface area contributed by atoms with E-state index in [0.29, 0.717) is 17.5 Å². The quantitative estimate of drug-likeness (QED) is 0.869. The number of aliphatic hydroxyl groups excluding tert-OH is 1. The summed E-state index contributed by atoms with van der Waals surface area (Å²) in [5.41, 5.74) is 2.37. The number of aliphatic hydroxyl groups is 1. The number of anilines is 1. The number of rotatable bonds is 5. The minimum atomic E-state index is -0.0270. The van der Waals surface area contributed by atoms with Gasteiger partial charge in [-0.15, -0.1) is 0 Å². The van der Waals surface area contributed by atoms with Gasteiger partial charge in [-0.2, -0.15) is 5.26 Å². The molecule has 0 aromatic heterocycles. The maximum Gasteiger partial charge on any atom is 0.101 e. The highest BCUT2D eigenvalue weighted by Crippen LogP contribution is 2.24. The number of hydrogen-bond acceptors (Lipinski definition) is 3. The van der Waals surface area contributed by atoms with Crippen molar-refractivity contribution in [2.45, 2.75) is 40.3 Å². The van der Waals surface area contributed by atoms with Crippen LogP contribution in [0, 0.1) is 17.2 Å². The van der Waals surface area contributed by atoms with E-state index in [9.17, 15) is 5.26 Å². The normalized spacial score (nSPS) is 10.8. The van der Waals surface area contributed by atoms with Crippen molar-refractivity contribution >= 4 is 5.69 Å². The van der Waals surface area contributed by atoms with Gasteiger partial charge in [0.05, 0.1) is 17.9 Å². The molecule has 1 aromatic carbocycles. The van der Waals surface area contributed by atoms with Crippen LogP contribution < -0.4 is 4.90 Å². The first-order chi connectivity index (χ1) is 8.49. The molecule has 0 heterocycles. The summed E-state index contributed by atoms with van der Waals surface area (Å²) in [6, 6.07) is 8.16. The Morgan fingerprint density at radius 1 is 1.28 bits per heavy atom. The van der Waals surface area contributed by atoms with Crippen LogP contribution in [0.1, 0.15) is 38.8 Å². The van der Waals surface area contributed by atoms with E-state index in [0.717, 1.165) is 17.8 Å². The Kier molecular flexibility index (Phi) is 5.18. The first kappa shape index (κ1) is 14.5. The van der Waals surface area contributed by atoms with Crippen molar-refractivity contribution in [1.29, 1.82) is 5.26 Å². The molecule has 98 valence electrons. The lowest BCUT2D eigenvalue weighted by molar-refractivity contribution is 0.282. The summed E-state index contributed by atoms with van der Waals surface area (Å²) in [5, 5.41) is 18.4. The van der Waals surface area contributed by atoms with Crippen molar-refractivity contribution in [3.8, 4) is 6.07 Å². The molecular weight excluding hydrogens is 224 g/mol. The predicted octanol–water partition coefficient (Wildman–Crippen LogP) is 2.92. The van der Waals surface area contributed by atoms with Crippen molar-refractivity contribution < 1.29 is 5.11 Å². The first-order valence-electron chi connectivity index (χ1n) is 6.40. The topological polar surface area (TPSA) is 47.3 Å². The van der Waals surface area contributed by atoms with Gasteiger partial charge in [-0.3, -0.25) is 0 Å². The lowest BCUT2D eigenvalue weighted by Gasteiger charge is -2.31. The third kappa shape index (κ3) is 3.48. The molecule has 0 aliphatic carbocycles. The van der Waals surface area contributed by atoms with Crippen molar-refractivity contribution in [3.63, 3.8) is 0 Å². The predicted molar refractivity (Wildman–Crippen MR) is 74.4 cm³/mol.